The Balaban J connectivity index is 0. The Labute approximate surface area is 147 Å². The van der Waals surface area contributed by atoms with Gasteiger partial charge in [0.25, 0.3) is 0 Å². The van der Waals surface area contributed by atoms with Crippen LogP contribution in [0.3, 0.4) is 0 Å². The Morgan fingerprint density at radius 1 is 0.875 bits per heavy atom. The van der Waals surface area contributed by atoms with Crippen LogP contribution in [0.5, 0.6) is 0 Å². The average molecular weight is 338 g/mol. The predicted molar refractivity (Wildman–Crippen MR) is 100 cm³/mol. The van der Waals surface area contributed by atoms with Gasteiger partial charge in [-0.1, -0.05) is 65.2 Å². The van der Waals surface area contributed by atoms with Crippen LogP contribution in [0.2, 0.25) is 0 Å². The maximum Gasteiger partial charge on any atom is 0.330 e. The molecular formula is C20H34O4. The second-order valence-electron chi connectivity index (χ2n) is 6.35. The minimum atomic E-state index is -0.920. The number of hydrogen-bond acceptors (Lipinski definition) is 2. The molecule has 4 nitrogen and oxygen atoms in total. The Morgan fingerprint density at radius 3 is 1.79 bits per heavy atom. The molecule has 0 amide bonds. The van der Waals surface area contributed by atoms with Crippen molar-refractivity contribution in [1.29, 1.82) is 0 Å². The zero-order chi connectivity index (χ0) is 19.0. The van der Waals surface area contributed by atoms with Crippen molar-refractivity contribution in [2.24, 2.45) is 5.92 Å². The summed E-state index contributed by atoms with van der Waals surface area (Å²) in [6.45, 7) is 14.8. The summed E-state index contributed by atoms with van der Waals surface area (Å²) < 4.78 is 0. The molecule has 0 bridgehead atoms. The second-order valence-corrected chi connectivity index (χ2v) is 6.35. The van der Waals surface area contributed by atoms with Crippen LogP contribution in [0.1, 0.15) is 71.6 Å². The van der Waals surface area contributed by atoms with Crippen molar-refractivity contribution >= 4 is 11.9 Å². The lowest BCUT2D eigenvalue weighted by Gasteiger charge is -2.04. The minimum Gasteiger partial charge on any atom is -0.478 e. The Hall–Kier alpha value is -1.84. The highest BCUT2D eigenvalue weighted by molar-refractivity contribution is 5.86. The third-order valence-corrected chi connectivity index (χ3v) is 3.52. The van der Waals surface area contributed by atoms with Crippen molar-refractivity contribution < 1.29 is 19.8 Å². The van der Waals surface area contributed by atoms with Gasteiger partial charge in [-0.2, -0.15) is 0 Å². The van der Waals surface area contributed by atoms with Crippen molar-refractivity contribution in [2.75, 3.05) is 0 Å². The summed E-state index contributed by atoms with van der Waals surface area (Å²) in [5.41, 5.74) is 0.590. The van der Waals surface area contributed by atoms with Gasteiger partial charge in [0, 0.05) is 11.1 Å². The number of unbranched alkanes of at least 4 members (excludes halogenated alkanes) is 4. The molecule has 4 heteroatoms. The average Bonchev–Trinajstić information content (AvgIpc) is 2.51. The molecule has 0 aliphatic heterocycles. The number of hydrogen-bond donors (Lipinski definition) is 2. The van der Waals surface area contributed by atoms with Gasteiger partial charge < -0.3 is 10.2 Å². The summed E-state index contributed by atoms with van der Waals surface area (Å²) >= 11 is 0. The molecule has 0 saturated heterocycles. The van der Waals surface area contributed by atoms with E-state index in [1.54, 1.807) is 6.08 Å². The molecule has 0 radical (unpaired) electrons. The van der Waals surface area contributed by atoms with E-state index in [1.807, 2.05) is 0 Å². The quantitative estimate of drug-likeness (QED) is 0.260. The van der Waals surface area contributed by atoms with E-state index in [-0.39, 0.29) is 5.57 Å². The molecular weight excluding hydrogens is 304 g/mol. The monoisotopic (exact) mass is 338 g/mol. The normalized spacial score (nSPS) is 9.79. The Kier molecular flexibility index (Phi) is 16.3. The minimum absolute atomic E-state index is 0.245. The summed E-state index contributed by atoms with van der Waals surface area (Å²) in [7, 11) is 0. The summed E-state index contributed by atoms with van der Waals surface area (Å²) in [6.07, 6.45) is 10.7. The number of allylic oxidation sites excluding steroid dienone is 1. The van der Waals surface area contributed by atoms with E-state index in [9.17, 15) is 9.59 Å². The zero-order valence-corrected chi connectivity index (χ0v) is 15.4. The molecule has 0 heterocycles. The van der Waals surface area contributed by atoms with E-state index in [0.717, 1.165) is 18.8 Å². The molecule has 24 heavy (non-hydrogen) atoms. The molecule has 0 aromatic heterocycles. The van der Waals surface area contributed by atoms with Crippen molar-refractivity contribution in [3.63, 3.8) is 0 Å². The maximum absolute atomic E-state index is 10.4. The van der Waals surface area contributed by atoms with Crippen LogP contribution < -0.4 is 0 Å². The van der Waals surface area contributed by atoms with Gasteiger partial charge in [0.15, 0.2) is 0 Å². The zero-order valence-electron chi connectivity index (χ0n) is 15.4. The molecule has 0 rings (SSSR count). The molecule has 0 unspecified atom stereocenters. The lowest BCUT2D eigenvalue weighted by Crippen LogP contribution is -1.98. The van der Waals surface area contributed by atoms with Crippen molar-refractivity contribution in [2.45, 2.75) is 71.6 Å². The summed E-state index contributed by atoms with van der Waals surface area (Å²) in [5, 5.41) is 16.9. The van der Waals surface area contributed by atoms with Crippen LogP contribution in [-0.2, 0) is 9.59 Å². The van der Waals surface area contributed by atoms with Crippen LogP contribution in [0.4, 0.5) is 0 Å². The summed E-state index contributed by atoms with van der Waals surface area (Å²) in [5.74, 6) is -0.969. The molecule has 0 aliphatic rings. The fraction of sp³-hybridized carbons (Fsp3) is 0.600. The van der Waals surface area contributed by atoms with E-state index in [4.69, 9.17) is 10.2 Å². The number of aliphatic carboxylic acids is 2. The molecule has 0 spiro atoms. The third-order valence-electron chi connectivity index (χ3n) is 3.52. The molecule has 0 aromatic rings. The first-order valence-corrected chi connectivity index (χ1v) is 8.65. The number of carboxylic acid groups (broad SMARTS) is 2. The van der Waals surface area contributed by atoms with Crippen LogP contribution in [0.25, 0.3) is 0 Å². The molecule has 0 atom stereocenters. The maximum atomic E-state index is 10.4. The Morgan fingerprint density at radius 2 is 1.33 bits per heavy atom. The van der Waals surface area contributed by atoms with Gasteiger partial charge in [-0.15, -0.1) is 6.58 Å². The Bertz CT molecular complexity index is 408. The summed E-state index contributed by atoms with van der Waals surface area (Å²) in [6, 6.07) is 0. The largest absolute Gasteiger partial charge is 0.478 e. The van der Waals surface area contributed by atoms with Gasteiger partial charge in [0.1, 0.15) is 0 Å². The fourth-order valence-electron chi connectivity index (χ4n) is 1.91. The van der Waals surface area contributed by atoms with Gasteiger partial charge in [-0.05, 0) is 31.6 Å². The number of rotatable bonds is 13. The van der Waals surface area contributed by atoms with Gasteiger partial charge >= 0.3 is 11.9 Å². The first-order chi connectivity index (χ1) is 11.2. The molecule has 0 aliphatic carbocycles. The highest BCUT2D eigenvalue weighted by Crippen LogP contribution is 2.13. The predicted octanol–water partition coefficient (Wildman–Crippen LogP) is 5.61. The smallest absolute Gasteiger partial charge is 0.330 e. The lowest BCUT2D eigenvalue weighted by molar-refractivity contribution is -0.133. The van der Waals surface area contributed by atoms with Crippen molar-refractivity contribution in [3.8, 4) is 0 Å². The highest BCUT2D eigenvalue weighted by atomic mass is 16.4. The molecule has 2 N–H and O–H groups in total. The lowest BCUT2D eigenvalue weighted by atomic mass is 10.0. The van der Waals surface area contributed by atoms with Crippen LogP contribution >= 0.6 is 0 Å². The van der Waals surface area contributed by atoms with Crippen LogP contribution in [0.15, 0.2) is 37.0 Å². The van der Waals surface area contributed by atoms with Crippen LogP contribution in [-0.4, -0.2) is 22.2 Å². The SMILES string of the molecule is C=C(CCCCCCCC(C)C)C(=O)O.C=CCCC(=C)C(=O)O. The summed E-state index contributed by atoms with van der Waals surface area (Å²) in [4.78, 5) is 20.5. The van der Waals surface area contributed by atoms with E-state index in [1.165, 1.54) is 25.7 Å². The van der Waals surface area contributed by atoms with Gasteiger partial charge in [-0.25, -0.2) is 9.59 Å². The van der Waals surface area contributed by atoms with E-state index in [2.05, 4.69) is 33.6 Å². The molecule has 0 saturated carbocycles. The second kappa shape index (κ2) is 16.0. The van der Waals surface area contributed by atoms with Gasteiger partial charge in [-0.3, -0.25) is 0 Å². The fourth-order valence-corrected chi connectivity index (χ4v) is 1.91. The standard InChI is InChI=1S/C13H24O2.C7H10O2/c1-11(2)9-7-5-4-6-8-10-12(3)13(14)15;1-3-4-5-6(2)7(8)9/h11H,3-10H2,1-2H3,(H,14,15);3H,1-2,4-5H2,(H,8,9). The van der Waals surface area contributed by atoms with Crippen molar-refractivity contribution in [1.82, 2.24) is 0 Å². The van der Waals surface area contributed by atoms with Crippen LogP contribution in [0, 0.1) is 5.92 Å². The van der Waals surface area contributed by atoms with E-state index in [0.29, 0.717) is 24.8 Å². The van der Waals surface area contributed by atoms with E-state index < -0.39 is 11.9 Å². The third kappa shape index (κ3) is 18.2. The number of carbonyl (C=O) groups is 2. The highest BCUT2D eigenvalue weighted by Gasteiger charge is 2.02. The van der Waals surface area contributed by atoms with E-state index >= 15 is 0 Å². The van der Waals surface area contributed by atoms with Gasteiger partial charge in [0.2, 0.25) is 0 Å². The molecule has 0 fully saturated rings. The van der Waals surface area contributed by atoms with Crippen molar-refractivity contribution in [3.05, 3.63) is 37.0 Å². The molecule has 138 valence electrons. The number of carboxylic acids is 2. The first-order valence-electron chi connectivity index (χ1n) is 8.65. The molecule has 0 aromatic carbocycles. The topological polar surface area (TPSA) is 74.6 Å². The van der Waals surface area contributed by atoms with Gasteiger partial charge in [0.05, 0.1) is 0 Å². The first kappa shape index (κ1) is 24.4.